The van der Waals surface area contributed by atoms with Crippen LogP contribution in [-0.4, -0.2) is 38.8 Å². The van der Waals surface area contributed by atoms with Crippen LogP contribution >= 0.6 is 0 Å². The molecule has 0 atom stereocenters. The minimum atomic E-state index is -0.106. The zero-order chi connectivity index (χ0) is 14.9. The third-order valence-corrected chi connectivity index (χ3v) is 3.31. The van der Waals surface area contributed by atoms with Crippen molar-refractivity contribution >= 4 is 5.91 Å². The molecule has 2 N–H and O–H groups in total. The van der Waals surface area contributed by atoms with Crippen molar-refractivity contribution in [2.24, 2.45) is 0 Å². The second-order valence-electron chi connectivity index (χ2n) is 5.28. The lowest BCUT2D eigenvalue weighted by molar-refractivity contribution is -0.123. The molecule has 2 rings (SSSR count). The summed E-state index contributed by atoms with van der Waals surface area (Å²) in [5.41, 5.74) is 1.23. The minimum absolute atomic E-state index is 0.0483. The first-order valence-corrected chi connectivity index (χ1v) is 7.48. The number of nitrogens with one attached hydrogen (secondary N) is 2. The summed E-state index contributed by atoms with van der Waals surface area (Å²) in [6.07, 6.45) is 3.40. The van der Waals surface area contributed by atoms with Crippen LogP contribution in [0.4, 0.5) is 0 Å². The molecule has 116 valence electrons. The maximum absolute atomic E-state index is 11.5. The summed E-state index contributed by atoms with van der Waals surface area (Å²) in [6, 6.07) is 8.58. The van der Waals surface area contributed by atoms with Gasteiger partial charge in [0.05, 0.1) is 0 Å². The summed E-state index contributed by atoms with van der Waals surface area (Å²) < 4.78 is 10.4. The lowest BCUT2D eigenvalue weighted by atomic mass is 10.2. The van der Waals surface area contributed by atoms with Gasteiger partial charge in [0.2, 0.25) is 0 Å². The Bertz CT molecular complexity index is 430. The van der Waals surface area contributed by atoms with E-state index in [0.717, 1.165) is 18.7 Å². The van der Waals surface area contributed by atoms with Crippen LogP contribution in [0.2, 0.25) is 0 Å². The van der Waals surface area contributed by atoms with Crippen molar-refractivity contribution in [1.29, 1.82) is 0 Å². The van der Waals surface area contributed by atoms with Crippen LogP contribution in [-0.2, 0) is 16.1 Å². The van der Waals surface area contributed by atoms with Crippen molar-refractivity contribution in [3.05, 3.63) is 29.8 Å². The number of carbonyl (C=O) groups is 1. The Hall–Kier alpha value is -1.59. The molecule has 5 heteroatoms. The predicted octanol–water partition coefficient (Wildman–Crippen LogP) is 1.47. The van der Waals surface area contributed by atoms with Gasteiger partial charge in [0.1, 0.15) is 5.75 Å². The Labute approximate surface area is 126 Å². The molecule has 1 aromatic rings. The molecule has 1 aliphatic carbocycles. The lowest BCUT2D eigenvalue weighted by Crippen LogP contribution is -2.30. The molecule has 1 fully saturated rings. The monoisotopic (exact) mass is 292 g/mol. The second-order valence-corrected chi connectivity index (χ2v) is 5.28. The Balaban J connectivity index is 1.61. The fraction of sp³-hybridized carbons (Fsp3) is 0.562. The molecular formula is C16H24N2O3. The fourth-order valence-corrected chi connectivity index (χ4v) is 1.90. The topological polar surface area (TPSA) is 59.6 Å². The normalized spacial score (nSPS) is 14.0. The van der Waals surface area contributed by atoms with E-state index >= 15 is 0 Å². The van der Waals surface area contributed by atoms with Crippen LogP contribution in [0.3, 0.4) is 0 Å². The van der Waals surface area contributed by atoms with Gasteiger partial charge >= 0.3 is 0 Å². The molecule has 5 nitrogen and oxygen atoms in total. The van der Waals surface area contributed by atoms with Crippen molar-refractivity contribution in [2.45, 2.75) is 31.8 Å². The first kappa shape index (κ1) is 15.8. The van der Waals surface area contributed by atoms with Crippen molar-refractivity contribution < 1.29 is 14.3 Å². The summed E-state index contributed by atoms with van der Waals surface area (Å²) in [4.78, 5) is 11.5. The van der Waals surface area contributed by atoms with E-state index in [2.05, 4.69) is 10.6 Å². The van der Waals surface area contributed by atoms with Crippen molar-refractivity contribution in [2.75, 3.05) is 26.9 Å². The van der Waals surface area contributed by atoms with E-state index in [4.69, 9.17) is 9.47 Å². The molecule has 0 aliphatic heterocycles. The zero-order valence-electron chi connectivity index (χ0n) is 12.6. The maximum atomic E-state index is 11.5. The SMILES string of the molecule is COCCCNC(=O)COc1ccc(CNC2CC2)cc1. The molecule has 0 unspecified atom stereocenters. The number of hydrogen-bond donors (Lipinski definition) is 2. The summed E-state index contributed by atoms with van der Waals surface area (Å²) in [5, 5.41) is 6.25. The zero-order valence-corrected chi connectivity index (χ0v) is 12.6. The Morgan fingerprint density at radius 1 is 1.29 bits per heavy atom. The summed E-state index contributed by atoms with van der Waals surface area (Å²) in [6.45, 7) is 2.21. The average Bonchev–Trinajstić information content (AvgIpc) is 3.33. The smallest absolute Gasteiger partial charge is 0.257 e. The number of carbonyl (C=O) groups excluding carboxylic acids is 1. The van der Waals surface area contributed by atoms with E-state index in [1.165, 1.54) is 18.4 Å². The van der Waals surface area contributed by atoms with E-state index in [0.29, 0.717) is 19.2 Å². The number of amides is 1. The first-order valence-electron chi connectivity index (χ1n) is 7.48. The highest BCUT2D eigenvalue weighted by atomic mass is 16.5. The number of hydrogen-bond acceptors (Lipinski definition) is 4. The van der Waals surface area contributed by atoms with Gasteiger partial charge in [0.25, 0.3) is 5.91 Å². The lowest BCUT2D eigenvalue weighted by Gasteiger charge is -2.08. The van der Waals surface area contributed by atoms with Crippen LogP contribution in [0.25, 0.3) is 0 Å². The molecule has 0 aromatic heterocycles. The quantitative estimate of drug-likeness (QED) is 0.641. The molecule has 1 aliphatic rings. The highest BCUT2D eigenvalue weighted by molar-refractivity contribution is 5.77. The van der Waals surface area contributed by atoms with Crippen LogP contribution in [0.15, 0.2) is 24.3 Å². The highest BCUT2D eigenvalue weighted by Gasteiger charge is 2.19. The van der Waals surface area contributed by atoms with Gasteiger partial charge in [-0.1, -0.05) is 12.1 Å². The predicted molar refractivity (Wildman–Crippen MR) is 81.3 cm³/mol. The molecule has 21 heavy (non-hydrogen) atoms. The molecule has 0 radical (unpaired) electrons. The molecule has 0 saturated heterocycles. The van der Waals surface area contributed by atoms with Gasteiger partial charge in [-0.25, -0.2) is 0 Å². The molecule has 1 saturated carbocycles. The van der Waals surface area contributed by atoms with Gasteiger partial charge in [-0.2, -0.15) is 0 Å². The van der Waals surface area contributed by atoms with Gasteiger partial charge in [0, 0.05) is 32.8 Å². The Morgan fingerprint density at radius 2 is 2.05 bits per heavy atom. The molecule has 0 bridgehead atoms. The van der Waals surface area contributed by atoms with Crippen LogP contribution in [0, 0.1) is 0 Å². The summed E-state index contributed by atoms with van der Waals surface area (Å²) in [7, 11) is 1.65. The van der Waals surface area contributed by atoms with Gasteiger partial charge in [-0.05, 0) is 37.0 Å². The largest absolute Gasteiger partial charge is 0.484 e. The number of benzene rings is 1. The number of methoxy groups -OCH3 is 1. The van der Waals surface area contributed by atoms with Crippen molar-refractivity contribution in [3.63, 3.8) is 0 Å². The van der Waals surface area contributed by atoms with Crippen LogP contribution in [0.1, 0.15) is 24.8 Å². The summed E-state index contributed by atoms with van der Waals surface area (Å²) >= 11 is 0. The van der Waals surface area contributed by atoms with Gasteiger partial charge < -0.3 is 20.1 Å². The van der Waals surface area contributed by atoms with E-state index in [1.54, 1.807) is 7.11 Å². The molecular weight excluding hydrogens is 268 g/mol. The maximum Gasteiger partial charge on any atom is 0.257 e. The molecule has 0 spiro atoms. The van der Waals surface area contributed by atoms with Crippen molar-refractivity contribution in [1.82, 2.24) is 10.6 Å². The van der Waals surface area contributed by atoms with Gasteiger partial charge in [-0.15, -0.1) is 0 Å². The minimum Gasteiger partial charge on any atom is -0.484 e. The Kier molecular flexibility index (Phi) is 6.50. The Morgan fingerprint density at radius 3 is 2.71 bits per heavy atom. The van der Waals surface area contributed by atoms with Gasteiger partial charge in [0.15, 0.2) is 6.61 Å². The molecule has 1 amide bonds. The van der Waals surface area contributed by atoms with Gasteiger partial charge in [-0.3, -0.25) is 4.79 Å². The van der Waals surface area contributed by atoms with E-state index < -0.39 is 0 Å². The number of rotatable bonds is 10. The molecule has 1 aromatic carbocycles. The average molecular weight is 292 g/mol. The number of ether oxygens (including phenoxy) is 2. The standard InChI is InChI=1S/C16H24N2O3/c1-20-10-2-9-17-16(19)12-21-15-7-3-13(4-8-15)11-18-14-5-6-14/h3-4,7-8,14,18H,2,5-6,9-12H2,1H3,(H,17,19). The van der Waals surface area contributed by atoms with Crippen LogP contribution < -0.4 is 15.4 Å². The third-order valence-electron chi connectivity index (χ3n) is 3.31. The first-order chi connectivity index (χ1) is 10.3. The van der Waals surface area contributed by atoms with E-state index in [9.17, 15) is 4.79 Å². The van der Waals surface area contributed by atoms with E-state index in [-0.39, 0.29) is 12.5 Å². The molecule has 0 heterocycles. The van der Waals surface area contributed by atoms with E-state index in [1.807, 2.05) is 24.3 Å². The van der Waals surface area contributed by atoms with Crippen LogP contribution in [0.5, 0.6) is 5.75 Å². The third kappa shape index (κ3) is 6.60. The second kappa shape index (κ2) is 8.64. The van der Waals surface area contributed by atoms with Crippen molar-refractivity contribution in [3.8, 4) is 5.75 Å². The highest BCUT2D eigenvalue weighted by Crippen LogP contribution is 2.19. The fourth-order valence-electron chi connectivity index (χ4n) is 1.90. The summed E-state index contributed by atoms with van der Waals surface area (Å²) in [5.74, 6) is 0.614.